The molecule has 2 N–H and O–H groups in total. The molecule has 0 fully saturated rings. The molecule has 1 aromatic heterocycles. The maximum absolute atomic E-state index is 12.4. The Balaban J connectivity index is 1.59. The Kier molecular flexibility index (Phi) is 7.15. The van der Waals surface area contributed by atoms with Gasteiger partial charge in [0.15, 0.2) is 10.2 Å². The van der Waals surface area contributed by atoms with Crippen molar-refractivity contribution < 1.29 is 14.3 Å². The lowest BCUT2D eigenvalue weighted by atomic mass is 10.2. The smallest absolute Gasteiger partial charge is 0.257 e. The van der Waals surface area contributed by atoms with E-state index in [2.05, 4.69) is 15.6 Å². The molecule has 0 aliphatic rings. The molecule has 0 aliphatic carbocycles. The van der Waals surface area contributed by atoms with Crippen LogP contribution < -0.4 is 20.1 Å². The number of aromatic nitrogens is 1. The molecule has 0 radical (unpaired) electrons. The Morgan fingerprint density at radius 3 is 2.69 bits per heavy atom. The number of nitrogens with one attached hydrogen (secondary N) is 2. The molecular weight excluding hydrogens is 406 g/mol. The van der Waals surface area contributed by atoms with Gasteiger partial charge in [0.2, 0.25) is 0 Å². The van der Waals surface area contributed by atoms with Crippen LogP contribution in [0.15, 0.2) is 53.9 Å². The summed E-state index contributed by atoms with van der Waals surface area (Å²) in [6, 6.07) is 14.6. The lowest BCUT2D eigenvalue weighted by Crippen LogP contribution is -2.34. The molecule has 0 saturated heterocycles. The zero-order valence-corrected chi connectivity index (χ0v) is 17.7. The highest BCUT2D eigenvalue weighted by Gasteiger charge is 2.11. The fourth-order valence-electron chi connectivity index (χ4n) is 2.48. The second-order valence-corrected chi connectivity index (χ2v) is 7.32. The summed E-state index contributed by atoms with van der Waals surface area (Å²) in [5.41, 5.74) is 2.25. The Morgan fingerprint density at radius 1 is 1.17 bits per heavy atom. The summed E-state index contributed by atoms with van der Waals surface area (Å²) in [6.45, 7) is 2.63. The van der Waals surface area contributed by atoms with Crippen LogP contribution in [0.1, 0.15) is 23.7 Å². The number of benzene rings is 2. The average molecular weight is 428 g/mol. The van der Waals surface area contributed by atoms with Gasteiger partial charge in [0, 0.05) is 16.5 Å². The molecule has 3 rings (SSSR count). The summed E-state index contributed by atoms with van der Waals surface area (Å²) >= 11 is 6.65. The molecule has 0 saturated carbocycles. The first-order valence-corrected chi connectivity index (χ1v) is 10.3. The van der Waals surface area contributed by atoms with Crippen molar-refractivity contribution in [2.24, 2.45) is 0 Å². The van der Waals surface area contributed by atoms with Gasteiger partial charge in [0.05, 0.1) is 19.4 Å². The van der Waals surface area contributed by atoms with Crippen molar-refractivity contribution >= 4 is 39.7 Å². The lowest BCUT2D eigenvalue weighted by molar-refractivity contribution is 0.0977. The minimum Gasteiger partial charge on any atom is -0.497 e. The third-order valence-electron chi connectivity index (χ3n) is 3.91. The number of anilines is 1. The van der Waals surface area contributed by atoms with E-state index in [-0.39, 0.29) is 11.0 Å². The van der Waals surface area contributed by atoms with Crippen LogP contribution >= 0.6 is 23.6 Å². The normalized spacial score (nSPS) is 10.3. The number of methoxy groups -OCH3 is 1. The third-order valence-corrected chi connectivity index (χ3v) is 4.87. The van der Waals surface area contributed by atoms with Gasteiger partial charge >= 0.3 is 0 Å². The first-order valence-electron chi connectivity index (χ1n) is 9.04. The zero-order chi connectivity index (χ0) is 20.6. The molecule has 29 heavy (non-hydrogen) atoms. The van der Waals surface area contributed by atoms with Crippen LogP contribution in [-0.2, 0) is 0 Å². The number of amides is 1. The Morgan fingerprint density at radius 2 is 1.97 bits per heavy atom. The van der Waals surface area contributed by atoms with Gasteiger partial charge in [0.1, 0.15) is 11.5 Å². The molecule has 3 aromatic rings. The second kappa shape index (κ2) is 9.99. The summed E-state index contributed by atoms with van der Waals surface area (Å²) < 4.78 is 10.7. The molecule has 1 amide bonds. The maximum atomic E-state index is 12.4. The fourth-order valence-corrected chi connectivity index (χ4v) is 3.45. The molecule has 2 aromatic carbocycles. The van der Waals surface area contributed by atoms with E-state index >= 15 is 0 Å². The zero-order valence-electron chi connectivity index (χ0n) is 16.1. The number of hydrogen-bond acceptors (Lipinski definition) is 6. The van der Waals surface area contributed by atoms with Gasteiger partial charge in [-0.2, -0.15) is 0 Å². The summed E-state index contributed by atoms with van der Waals surface area (Å²) in [5.74, 6) is 1.13. The molecule has 0 bridgehead atoms. The summed E-state index contributed by atoms with van der Waals surface area (Å²) in [4.78, 5) is 16.9. The summed E-state index contributed by atoms with van der Waals surface area (Å²) in [5, 5.41) is 8.33. The Hall–Kier alpha value is -2.97. The molecule has 0 unspecified atom stereocenters. The van der Waals surface area contributed by atoms with Gasteiger partial charge in [-0.3, -0.25) is 10.1 Å². The number of thiocarbonyl (C=S) groups is 1. The van der Waals surface area contributed by atoms with Crippen molar-refractivity contribution in [2.75, 3.05) is 19.0 Å². The van der Waals surface area contributed by atoms with Crippen molar-refractivity contribution in [3.8, 4) is 22.8 Å². The number of ether oxygens (including phenoxy) is 2. The molecule has 150 valence electrons. The Labute approximate surface area is 178 Å². The van der Waals surface area contributed by atoms with Gasteiger partial charge in [0.25, 0.3) is 5.91 Å². The van der Waals surface area contributed by atoms with Crippen molar-refractivity contribution in [1.82, 2.24) is 10.3 Å². The van der Waals surface area contributed by atoms with Crippen LogP contribution in [0.5, 0.6) is 11.5 Å². The van der Waals surface area contributed by atoms with Crippen LogP contribution in [0.25, 0.3) is 11.3 Å². The molecule has 6 nitrogen and oxygen atoms in total. The van der Waals surface area contributed by atoms with Crippen molar-refractivity contribution in [1.29, 1.82) is 0 Å². The number of thiazole rings is 1. The highest BCUT2D eigenvalue weighted by molar-refractivity contribution is 7.80. The lowest BCUT2D eigenvalue weighted by Gasteiger charge is -2.09. The predicted octanol–water partition coefficient (Wildman–Crippen LogP) is 4.73. The third kappa shape index (κ3) is 5.75. The second-order valence-electron chi connectivity index (χ2n) is 6.05. The highest BCUT2D eigenvalue weighted by Crippen LogP contribution is 2.26. The van der Waals surface area contributed by atoms with Gasteiger partial charge in [-0.15, -0.1) is 11.3 Å². The van der Waals surface area contributed by atoms with Crippen LogP contribution in [0, 0.1) is 0 Å². The van der Waals surface area contributed by atoms with Crippen LogP contribution in [0.3, 0.4) is 0 Å². The van der Waals surface area contributed by atoms with E-state index in [1.807, 2.05) is 42.6 Å². The van der Waals surface area contributed by atoms with Crippen molar-refractivity contribution in [2.45, 2.75) is 13.3 Å². The number of nitrogens with zero attached hydrogens (tertiary/aromatic N) is 1. The Bertz CT molecular complexity index is 987. The quantitative estimate of drug-likeness (QED) is 0.531. The average Bonchev–Trinajstić information content (AvgIpc) is 3.20. The van der Waals surface area contributed by atoms with Crippen molar-refractivity contribution in [3.63, 3.8) is 0 Å². The van der Waals surface area contributed by atoms with Crippen LogP contribution in [-0.4, -0.2) is 29.7 Å². The first-order chi connectivity index (χ1) is 14.1. The van der Waals surface area contributed by atoms with Crippen LogP contribution in [0.4, 0.5) is 5.13 Å². The van der Waals surface area contributed by atoms with Gasteiger partial charge in [-0.1, -0.05) is 13.0 Å². The van der Waals surface area contributed by atoms with E-state index in [9.17, 15) is 4.79 Å². The van der Waals surface area contributed by atoms with E-state index < -0.39 is 0 Å². The SMILES string of the molecule is CCCOc1cccc(C(=O)NC(=S)Nc2nc(-c3ccc(OC)cc3)cs2)c1. The van der Waals surface area contributed by atoms with E-state index in [1.165, 1.54) is 11.3 Å². The molecule has 0 atom stereocenters. The predicted molar refractivity (Wildman–Crippen MR) is 120 cm³/mol. The van der Waals surface area contributed by atoms with E-state index in [1.54, 1.807) is 25.3 Å². The number of carbonyl (C=O) groups excluding carboxylic acids is 1. The minimum atomic E-state index is -0.309. The summed E-state index contributed by atoms with van der Waals surface area (Å²) in [6.07, 6.45) is 0.900. The fraction of sp³-hybridized carbons (Fsp3) is 0.190. The maximum Gasteiger partial charge on any atom is 0.257 e. The summed E-state index contributed by atoms with van der Waals surface area (Å²) in [7, 11) is 1.63. The molecule has 1 heterocycles. The standard InChI is InChI=1S/C21H21N3O3S2/c1-3-11-27-17-6-4-5-15(12-17)19(25)23-20(28)24-21-22-18(13-29-21)14-7-9-16(26-2)10-8-14/h4-10,12-13H,3,11H2,1-2H3,(H2,22,23,24,25,28). The largest absolute Gasteiger partial charge is 0.497 e. The number of rotatable bonds is 7. The van der Waals surface area contributed by atoms with Gasteiger partial charge < -0.3 is 14.8 Å². The van der Waals surface area contributed by atoms with E-state index in [0.717, 1.165) is 23.4 Å². The molecule has 0 aliphatic heterocycles. The van der Waals surface area contributed by atoms with Gasteiger partial charge in [-0.05, 0) is 61.1 Å². The van der Waals surface area contributed by atoms with Crippen LogP contribution in [0.2, 0.25) is 0 Å². The molecule has 8 heteroatoms. The molecular formula is C21H21N3O3S2. The van der Waals surface area contributed by atoms with Crippen molar-refractivity contribution in [3.05, 3.63) is 59.5 Å². The highest BCUT2D eigenvalue weighted by atomic mass is 32.1. The monoisotopic (exact) mass is 427 g/mol. The minimum absolute atomic E-state index is 0.186. The van der Waals surface area contributed by atoms with E-state index in [0.29, 0.717) is 23.1 Å². The number of hydrogen-bond donors (Lipinski definition) is 2. The van der Waals surface area contributed by atoms with Gasteiger partial charge in [-0.25, -0.2) is 4.98 Å². The first kappa shape index (κ1) is 20.8. The molecule has 0 spiro atoms. The van der Waals surface area contributed by atoms with E-state index in [4.69, 9.17) is 21.7 Å². The topological polar surface area (TPSA) is 72.5 Å². The number of carbonyl (C=O) groups is 1.